The zero-order chi connectivity index (χ0) is 27.2. The molecule has 0 aliphatic heterocycles. The smallest absolute Gasteiger partial charge is 0.335 e. The Morgan fingerprint density at radius 1 is 1.05 bits per heavy atom. The molecule has 0 heterocycles. The lowest BCUT2D eigenvalue weighted by molar-refractivity contribution is -0.00397. The van der Waals surface area contributed by atoms with Gasteiger partial charge in [-0.2, -0.15) is 0 Å². The van der Waals surface area contributed by atoms with Crippen LogP contribution in [0.3, 0.4) is 0 Å². The molecule has 0 saturated heterocycles. The van der Waals surface area contributed by atoms with Crippen molar-refractivity contribution in [2.24, 2.45) is 0 Å². The van der Waals surface area contributed by atoms with Crippen molar-refractivity contribution < 1.29 is 19.7 Å². The first-order valence-corrected chi connectivity index (χ1v) is 13.8. The molecule has 0 radical (unpaired) electrons. The maximum atomic E-state index is 11.4. The highest BCUT2D eigenvalue weighted by atomic mass is 32.2. The number of hydrogen-bond donors (Lipinski definition) is 3. The fourth-order valence-corrected chi connectivity index (χ4v) is 5.19. The van der Waals surface area contributed by atoms with Crippen molar-refractivity contribution in [3.63, 3.8) is 0 Å². The van der Waals surface area contributed by atoms with Crippen LogP contribution in [0.2, 0.25) is 0 Å². The average Bonchev–Trinajstić information content (AvgIpc) is 2.85. The van der Waals surface area contributed by atoms with Crippen LogP contribution >= 0.6 is 11.8 Å². The standard InChI is InChI=1S/C31H39NO4S/c1-20-16-24(12-13-26(20)30(34)35)28-10-8-7-9-27(28)22(3)36-19-25(33)18-32-31(4,5)17-23-11-14-29(37-6)21(2)15-23/h7-16,22,25,32-33H,17-19H2,1-6H3,(H,34,35)/t22-,25-/m1/s1. The molecule has 0 fully saturated rings. The molecule has 0 amide bonds. The molecule has 0 aliphatic carbocycles. The summed E-state index contributed by atoms with van der Waals surface area (Å²) in [5.41, 5.74) is 6.34. The molecule has 0 bridgehead atoms. The summed E-state index contributed by atoms with van der Waals surface area (Å²) in [7, 11) is 0. The number of thioether (sulfide) groups is 1. The molecule has 3 aromatic rings. The summed E-state index contributed by atoms with van der Waals surface area (Å²) >= 11 is 1.76. The lowest BCUT2D eigenvalue weighted by Crippen LogP contribution is -2.46. The van der Waals surface area contributed by atoms with E-state index in [-0.39, 0.29) is 18.2 Å². The van der Waals surface area contributed by atoms with Gasteiger partial charge in [0.05, 0.1) is 24.4 Å². The van der Waals surface area contributed by atoms with Gasteiger partial charge in [-0.05, 0) is 92.8 Å². The SMILES string of the molecule is CSc1ccc(CC(C)(C)NC[C@@H](O)CO[C@H](C)c2ccccc2-c2ccc(C(=O)O)c(C)c2)cc1C. The number of carboxylic acid groups (broad SMARTS) is 1. The molecule has 0 saturated carbocycles. The topological polar surface area (TPSA) is 78.8 Å². The van der Waals surface area contributed by atoms with Crippen LogP contribution in [0.15, 0.2) is 65.6 Å². The Labute approximate surface area is 225 Å². The molecule has 0 unspecified atom stereocenters. The Morgan fingerprint density at radius 2 is 1.78 bits per heavy atom. The lowest BCUT2D eigenvalue weighted by Gasteiger charge is -2.29. The minimum absolute atomic E-state index is 0.174. The van der Waals surface area contributed by atoms with Crippen LogP contribution in [0.5, 0.6) is 0 Å². The third kappa shape index (κ3) is 7.92. The van der Waals surface area contributed by atoms with Gasteiger partial charge in [0.15, 0.2) is 0 Å². The highest BCUT2D eigenvalue weighted by Gasteiger charge is 2.21. The van der Waals surface area contributed by atoms with E-state index in [0.29, 0.717) is 17.7 Å². The van der Waals surface area contributed by atoms with E-state index in [2.05, 4.69) is 50.5 Å². The quantitative estimate of drug-likeness (QED) is 0.238. The summed E-state index contributed by atoms with van der Waals surface area (Å²) in [6.45, 7) is 10.9. The number of ether oxygens (including phenoxy) is 1. The van der Waals surface area contributed by atoms with Crippen LogP contribution in [-0.4, -0.2) is 47.2 Å². The number of aliphatic hydroxyl groups excluding tert-OH is 1. The van der Waals surface area contributed by atoms with Crippen LogP contribution in [0, 0.1) is 13.8 Å². The lowest BCUT2D eigenvalue weighted by atomic mass is 9.94. The van der Waals surface area contributed by atoms with Gasteiger partial charge in [-0.15, -0.1) is 11.8 Å². The number of carbonyl (C=O) groups is 1. The molecular formula is C31H39NO4S. The summed E-state index contributed by atoms with van der Waals surface area (Å²) < 4.78 is 6.08. The van der Waals surface area contributed by atoms with E-state index in [1.54, 1.807) is 24.8 Å². The molecule has 37 heavy (non-hydrogen) atoms. The number of nitrogens with one attached hydrogen (secondary N) is 1. The van der Waals surface area contributed by atoms with Gasteiger partial charge >= 0.3 is 5.97 Å². The van der Waals surface area contributed by atoms with E-state index < -0.39 is 12.1 Å². The van der Waals surface area contributed by atoms with Gasteiger partial charge in [0, 0.05) is 17.0 Å². The van der Waals surface area contributed by atoms with Crippen molar-refractivity contribution >= 4 is 17.7 Å². The van der Waals surface area contributed by atoms with Crippen LogP contribution in [0.25, 0.3) is 11.1 Å². The minimum atomic E-state index is -0.927. The summed E-state index contributed by atoms with van der Waals surface area (Å²) in [5.74, 6) is -0.927. The zero-order valence-corrected chi connectivity index (χ0v) is 23.5. The van der Waals surface area contributed by atoms with Gasteiger partial charge in [0.25, 0.3) is 0 Å². The summed E-state index contributed by atoms with van der Waals surface area (Å²) in [6, 6.07) is 19.9. The predicted molar refractivity (Wildman–Crippen MR) is 153 cm³/mol. The first kappa shape index (κ1) is 28.9. The molecule has 2 atom stereocenters. The Kier molecular flexibility index (Phi) is 9.96. The summed E-state index contributed by atoms with van der Waals surface area (Å²) in [6.07, 6.45) is 2.07. The molecule has 0 aliphatic rings. The number of hydrogen-bond acceptors (Lipinski definition) is 5. The average molecular weight is 522 g/mol. The van der Waals surface area contributed by atoms with Gasteiger partial charge in [-0.1, -0.05) is 48.5 Å². The molecule has 3 N–H and O–H groups in total. The largest absolute Gasteiger partial charge is 0.478 e. The Balaban J connectivity index is 1.58. The third-order valence-electron chi connectivity index (χ3n) is 6.63. The number of aliphatic hydroxyl groups is 1. The van der Waals surface area contributed by atoms with Crippen molar-refractivity contribution in [3.05, 3.63) is 88.5 Å². The van der Waals surface area contributed by atoms with Gasteiger partial charge in [0.1, 0.15) is 0 Å². The molecular weight excluding hydrogens is 482 g/mol. The number of benzene rings is 3. The molecule has 0 spiro atoms. The third-order valence-corrected chi connectivity index (χ3v) is 7.52. The normalized spacial score (nSPS) is 13.4. The van der Waals surface area contributed by atoms with E-state index in [1.165, 1.54) is 16.0 Å². The molecule has 6 heteroatoms. The van der Waals surface area contributed by atoms with Gasteiger partial charge in [0.2, 0.25) is 0 Å². The molecule has 3 rings (SSSR count). The number of aryl methyl sites for hydroxylation is 2. The molecule has 5 nitrogen and oxygen atoms in total. The zero-order valence-electron chi connectivity index (χ0n) is 22.7. The van der Waals surface area contributed by atoms with Gasteiger partial charge in [-0.25, -0.2) is 4.79 Å². The van der Waals surface area contributed by atoms with Crippen LogP contribution in [0.4, 0.5) is 0 Å². The number of β-amino-alcohol motifs (C(OH)–C–C–N with tert-alkyl or cyclic N) is 1. The van der Waals surface area contributed by atoms with Gasteiger partial charge in [-0.3, -0.25) is 0 Å². The summed E-state index contributed by atoms with van der Waals surface area (Å²) in [4.78, 5) is 12.7. The highest BCUT2D eigenvalue weighted by Crippen LogP contribution is 2.31. The second kappa shape index (κ2) is 12.7. The second-order valence-electron chi connectivity index (χ2n) is 10.3. The Bertz CT molecular complexity index is 1220. The van der Waals surface area contributed by atoms with Crippen molar-refractivity contribution in [3.8, 4) is 11.1 Å². The number of rotatable bonds is 12. The fourth-order valence-electron chi connectivity index (χ4n) is 4.61. The first-order chi connectivity index (χ1) is 17.5. The predicted octanol–water partition coefficient (Wildman–Crippen LogP) is 6.44. The van der Waals surface area contributed by atoms with Crippen LogP contribution in [0.1, 0.15) is 59.5 Å². The van der Waals surface area contributed by atoms with E-state index in [4.69, 9.17) is 4.74 Å². The monoisotopic (exact) mass is 521 g/mol. The van der Waals surface area contributed by atoms with E-state index in [9.17, 15) is 15.0 Å². The van der Waals surface area contributed by atoms with E-state index in [0.717, 1.165) is 23.1 Å². The molecule has 3 aromatic carbocycles. The van der Waals surface area contributed by atoms with Crippen molar-refractivity contribution in [1.29, 1.82) is 0 Å². The molecule has 0 aromatic heterocycles. The van der Waals surface area contributed by atoms with Crippen molar-refractivity contribution in [2.75, 3.05) is 19.4 Å². The molecule has 198 valence electrons. The van der Waals surface area contributed by atoms with Crippen molar-refractivity contribution in [1.82, 2.24) is 5.32 Å². The maximum absolute atomic E-state index is 11.4. The van der Waals surface area contributed by atoms with Crippen molar-refractivity contribution in [2.45, 2.75) is 63.7 Å². The second-order valence-corrected chi connectivity index (χ2v) is 11.1. The summed E-state index contributed by atoms with van der Waals surface area (Å²) in [5, 5.41) is 23.5. The number of aromatic carboxylic acids is 1. The maximum Gasteiger partial charge on any atom is 0.335 e. The van der Waals surface area contributed by atoms with E-state index >= 15 is 0 Å². The Morgan fingerprint density at radius 3 is 2.43 bits per heavy atom. The van der Waals surface area contributed by atoms with E-state index in [1.807, 2.05) is 43.3 Å². The number of carboxylic acids is 1. The Hall–Kier alpha value is -2.64. The first-order valence-electron chi connectivity index (χ1n) is 12.6. The van der Waals surface area contributed by atoms with Gasteiger partial charge < -0.3 is 20.3 Å². The minimum Gasteiger partial charge on any atom is -0.478 e. The van der Waals surface area contributed by atoms with Crippen LogP contribution in [-0.2, 0) is 11.2 Å². The van der Waals surface area contributed by atoms with Crippen LogP contribution < -0.4 is 5.32 Å². The highest BCUT2D eigenvalue weighted by molar-refractivity contribution is 7.98. The fraction of sp³-hybridized carbons (Fsp3) is 0.387.